The van der Waals surface area contributed by atoms with Gasteiger partial charge in [-0.1, -0.05) is 31.0 Å². The fraction of sp³-hybridized carbons (Fsp3) is 0.500. The van der Waals surface area contributed by atoms with Gasteiger partial charge in [0.25, 0.3) is 5.91 Å². The van der Waals surface area contributed by atoms with Crippen LogP contribution in [0, 0.1) is 13.8 Å². The van der Waals surface area contributed by atoms with Gasteiger partial charge in [-0.25, -0.2) is 4.79 Å². The molecule has 1 N–H and O–H groups in total. The molecule has 0 unspecified atom stereocenters. The van der Waals surface area contributed by atoms with Crippen LogP contribution in [0.1, 0.15) is 42.4 Å². The first-order valence-corrected chi connectivity index (χ1v) is 7.22. The summed E-state index contributed by atoms with van der Waals surface area (Å²) < 4.78 is 0. The third kappa shape index (κ3) is 1.90. The summed E-state index contributed by atoms with van der Waals surface area (Å²) in [6.45, 7) is 4.65. The molecule has 1 aliphatic heterocycles. The van der Waals surface area contributed by atoms with Crippen LogP contribution in [0.2, 0.25) is 0 Å². The second-order valence-electron chi connectivity index (χ2n) is 6.00. The molecule has 0 aromatic heterocycles. The van der Waals surface area contributed by atoms with Crippen LogP contribution >= 0.6 is 0 Å². The van der Waals surface area contributed by atoms with Gasteiger partial charge >= 0.3 is 6.03 Å². The Morgan fingerprint density at radius 2 is 1.85 bits per heavy atom. The van der Waals surface area contributed by atoms with Crippen LogP contribution in [-0.4, -0.2) is 22.4 Å². The highest BCUT2D eigenvalue weighted by Crippen LogP contribution is 2.39. The number of benzene rings is 1. The molecule has 0 radical (unpaired) electrons. The summed E-state index contributed by atoms with van der Waals surface area (Å²) in [6.07, 6.45) is 3.61. The molecule has 20 heavy (non-hydrogen) atoms. The minimum absolute atomic E-state index is 0.108. The van der Waals surface area contributed by atoms with E-state index in [0.29, 0.717) is 6.54 Å². The number of amides is 3. The summed E-state index contributed by atoms with van der Waals surface area (Å²) in [4.78, 5) is 26.0. The minimum Gasteiger partial charge on any atom is -0.305 e. The number of urea groups is 1. The second-order valence-corrected chi connectivity index (χ2v) is 6.00. The van der Waals surface area contributed by atoms with E-state index in [1.807, 2.05) is 6.07 Å². The predicted octanol–water partition coefficient (Wildman–Crippen LogP) is 2.67. The standard InChI is InChI=1S/C16H20N2O2/c1-11-5-6-13(9-12(11)2)10-18-15(20)17-14(19)16(18)7-3-4-8-16/h5-6,9H,3-4,7-8,10H2,1-2H3,(H,17,19,20). The number of hydrogen-bond acceptors (Lipinski definition) is 2. The number of aryl methyl sites for hydroxylation is 2. The number of carbonyl (C=O) groups excluding carboxylic acids is 2. The fourth-order valence-electron chi connectivity index (χ4n) is 3.36. The lowest BCUT2D eigenvalue weighted by molar-refractivity contribution is -0.126. The van der Waals surface area contributed by atoms with Crippen LogP contribution in [0.3, 0.4) is 0 Å². The maximum absolute atomic E-state index is 12.2. The third-order valence-corrected chi connectivity index (χ3v) is 4.75. The van der Waals surface area contributed by atoms with Crippen LogP contribution < -0.4 is 5.32 Å². The highest BCUT2D eigenvalue weighted by atomic mass is 16.2. The zero-order valence-corrected chi connectivity index (χ0v) is 12.0. The molecule has 1 saturated carbocycles. The van der Waals surface area contributed by atoms with Crippen LogP contribution in [0.15, 0.2) is 18.2 Å². The van der Waals surface area contributed by atoms with Gasteiger partial charge < -0.3 is 4.90 Å². The largest absolute Gasteiger partial charge is 0.325 e. The molecule has 3 amide bonds. The highest BCUT2D eigenvalue weighted by molar-refractivity contribution is 6.07. The van der Waals surface area contributed by atoms with Crippen molar-refractivity contribution in [3.05, 3.63) is 34.9 Å². The molecule has 0 bridgehead atoms. The van der Waals surface area contributed by atoms with Gasteiger partial charge in [-0.05, 0) is 43.4 Å². The average Bonchev–Trinajstić information content (AvgIpc) is 2.97. The van der Waals surface area contributed by atoms with Crippen molar-refractivity contribution in [2.45, 2.75) is 51.6 Å². The van der Waals surface area contributed by atoms with Crippen molar-refractivity contribution in [1.29, 1.82) is 0 Å². The van der Waals surface area contributed by atoms with Crippen molar-refractivity contribution in [1.82, 2.24) is 10.2 Å². The van der Waals surface area contributed by atoms with Gasteiger partial charge in [-0.3, -0.25) is 10.1 Å². The minimum atomic E-state index is -0.587. The average molecular weight is 272 g/mol. The van der Waals surface area contributed by atoms with Gasteiger partial charge in [0.2, 0.25) is 0 Å². The zero-order valence-electron chi connectivity index (χ0n) is 12.0. The molecule has 1 spiro atoms. The summed E-state index contributed by atoms with van der Waals surface area (Å²) in [6, 6.07) is 5.98. The normalized spacial score (nSPS) is 20.8. The maximum atomic E-state index is 12.2. The topological polar surface area (TPSA) is 49.4 Å². The number of hydrogen-bond donors (Lipinski definition) is 1. The molecule has 1 aromatic rings. The third-order valence-electron chi connectivity index (χ3n) is 4.75. The summed E-state index contributed by atoms with van der Waals surface area (Å²) >= 11 is 0. The monoisotopic (exact) mass is 272 g/mol. The molecule has 1 aliphatic carbocycles. The summed E-state index contributed by atoms with van der Waals surface area (Å²) in [5.41, 5.74) is 2.96. The first kappa shape index (κ1) is 13.2. The van der Waals surface area contributed by atoms with E-state index in [-0.39, 0.29) is 11.9 Å². The molecule has 3 rings (SSSR count). The van der Waals surface area contributed by atoms with Crippen LogP contribution in [0.5, 0.6) is 0 Å². The number of nitrogens with zero attached hydrogens (tertiary/aromatic N) is 1. The van der Waals surface area contributed by atoms with Crippen LogP contribution in [0.25, 0.3) is 0 Å². The van der Waals surface area contributed by atoms with Gasteiger partial charge in [-0.15, -0.1) is 0 Å². The Labute approximate surface area is 119 Å². The summed E-state index contributed by atoms with van der Waals surface area (Å²) in [5, 5.41) is 2.49. The van der Waals surface area contributed by atoms with Gasteiger partial charge in [0.05, 0.1) is 0 Å². The number of rotatable bonds is 2. The summed E-state index contributed by atoms with van der Waals surface area (Å²) in [7, 11) is 0. The fourth-order valence-corrected chi connectivity index (χ4v) is 3.36. The first-order valence-electron chi connectivity index (χ1n) is 7.22. The molecule has 4 nitrogen and oxygen atoms in total. The van der Waals surface area contributed by atoms with E-state index in [1.165, 1.54) is 11.1 Å². The Hall–Kier alpha value is -1.84. The maximum Gasteiger partial charge on any atom is 0.325 e. The molecule has 1 heterocycles. The Balaban J connectivity index is 1.89. The van der Waals surface area contributed by atoms with Gasteiger partial charge in [0, 0.05) is 6.54 Å². The number of carbonyl (C=O) groups is 2. The zero-order chi connectivity index (χ0) is 14.3. The number of imide groups is 1. The molecule has 1 aromatic carbocycles. The number of nitrogens with one attached hydrogen (secondary N) is 1. The van der Waals surface area contributed by atoms with E-state index in [0.717, 1.165) is 31.2 Å². The molecule has 2 aliphatic rings. The van der Waals surface area contributed by atoms with Crippen LogP contribution in [0.4, 0.5) is 4.79 Å². The van der Waals surface area contributed by atoms with Crippen LogP contribution in [-0.2, 0) is 11.3 Å². The second kappa shape index (κ2) is 4.62. The van der Waals surface area contributed by atoms with E-state index in [4.69, 9.17) is 0 Å². The molecule has 4 heteroatoms. The molecular weight excluding hydrogens is 252 g/mol. The Kier molecular flexibility index (Phi) is 3.04. The quantitative estimate of drug-likeness (QED) is 0.841. The SMILES string of the molecule is Cc1ccc(CN2C(=O)NC(=O)C23CCCC3)cc1C. The van der Waals surface area contributed by atoms with Crippen molar-refractivity contribution in [3.8, 4) is 0 Å². The molecular formula is C16H20N2O2. The van der Waals surface area contributed by atoms with Crippen molar-refractivity contribution < 1.29 is 9.59 Å². The molecule has 0 atom stereocenters. The Bertz CT molecular complexity index is 574. The van der Waals surface area contributed by atoms with E-state index in [1.54, 1.807) is 4.90 Å². The first-order chi connectivity index (χ1) is 9.53. The lowest BCUT2D eigenvalue weighted by Crippen LogP contribution is -2.46. The molecule has 106 valence electrons. The molecule has 2 fully saturated rings. The van der Waals surface area contributed by atoms with Gasteiger partial charge in [0.15, 0.2) is 0 Å². The van der Waals surface area contributed by atoms with E-state index in [2.05, 4.69) is 31.3 Å². The molecule has 1 saturated heterocycles. The smallest absolute Gasteiger partial charge is 0.305 e. The summed E-state index contributed by atoms with van der Waals surface area (Å²) in [5.74, 6) is -0.108. The Morgan fingerprint density at radius 1 is 1.15 bits per heavy atom. The van der Waals surface area contributed by atoms with E-state index < -0.39 is 5.54 Å². The lowest BCUT2D eigenvalue weighted by atomic mass is 9.95. The Morgan fingerprint density at radius 3 is 2.50 bits per heavy atom. The lowest BCUT2D eigenvalue weighted by Gasteiger charge is -2.31. The van der Waals surface area contributed by atoms with E-state index >= 15 is 0 Å². The predicted molar refractivity (Wildman–Crippen MR) is 76.2 cm³/mol. The van der Waals surface area contributed by atoms with Gasteiger partial charge in [-0.2, -0.15) is 0 Å². The van der Waals surface area contributed by atoms with Crippen molar-refractivity contribution in [2.24, 2.45) is 0 Å². The van der Waals surface area contributed by atoms with E-state index in [9.17, 15) is 9.59 Å². The van der Waals surface area contributed by atoms with Gasteiger partial charge in [0.1, 0.15) is 5.54 Å². The van der Waals surface area contributed by atoms with Crippen molar-refractivity contribution in [2.75, 3.05) is 0 Å². The highest BCUT2D eigenvalue weighted by Gasteiger charge is 2.53. The van der Waals surface area contributed by atoms with Crippen molar-refractivity contribution in [3.63, 3.8) is 0 Å². The van der Waals surface area contributed by atoms with Crippen molar-refractivity contribution >= 4 is 11.9 Å².